The molecule has 0 aromatic heterocycles. The van der Waals surface area contributed by atoms with Gasteiger partial charge in [0.2, 0.25) is 5.91 Å². The van der Waals surface area contributed by atoms with Crippen LogP contribution in [0.5, 0.6) is 0 Å². The predicted octanol–water partition coefficient (Wildman–Crippen LogP) is 21.4. The molecule has 0 spiro atoms. The number of esters is 1. The second kappa shape index (κ2) is 63.9. The average molecular weight is 1040 g/mol. The standard InChI is InChI=1S/C68H131NO5/c1-3-5-7-9-11-13-14-15-16-32-36-39-42-46-50-54-58-62-68(73)74-63-59-55-51-47-43-40-37-34-31-29-27-25-23-21-19-17-18-20-22-24-26-28-30-33-35-38-41-45-49-53-57-61-67(72)69-65(64-70)66(71)60-56-52-48-44-12-10-8-6-4-2/h15-16,19,21,65-66,70-71H,3-14,17-18,20,22-64H2,1-2H3,(H,69,72)/b16-15-,21-19-. The second-order valence-electron chi connectivity index (χ2n) is 23.1. The molecule has 0 aliphatic rings. The minimum atomic E-state index is -0.660. The van der Waals surface area contributed by atoms with Crippen LogP contribution in [-0.2, 0) is 14.3 Å². The van der Waals surface area contributed by atoms with E-state index in [9.17, 15) is 19.8 Å². The molecule has 0 aliphatic carbocycles. The largest absolute Gasteiger partial charge is 0.466 e. The summed E-state index contributed by atoms with van der Waals surface area (Å²) in [5.74, 6) is -0.0192. The van der Waals surface area contributed by atoms with Crippen molar-refractivity contribution in [1.82, 2.24) is 5.32 Å². The maximum atomic E-state index is 12.4. The smallest absolute Gasteiger partial charge is 0.305 e. The van der Waals surface area contributed by atoms with E-state index in [1.807, 2.05) is 0 Å². The Morgan fingerprint density at radius 2 is 0.635 bits per heavy atom. The van der Waals surface area contributed by atoms with Crippen LogP contribution in [0.4, 0.5) is 0 Å². The Morgan fingerprint density at radius 1 is 0.365 bits per heavy atom. The molecule has 74 heavy (non-hydrogen) atoms. The molecule has 0 heterocycles. The summed E-state index contributed by atoms with van der Waals surface area (Å²) in [4.78, 5) is 24.5. The van der Waals surface area contributed by atoms with Gasteiger partial charge in [-0.3, -0.25) is 9.59 Å². The Kier molecular flexibility index (Phi) is 62.4. The topological polar surface area (TPSA) is 95.9 Å². The molecule has 0 rings (SSSR count). The first-order chi connectivity index (χ1) is 36.5. The minimum absolute atomic E-state index is 0.0147. The van der Waals surface area contributed by atoms with E-state index in [2.05, 4.69) is 43.5 Å². The molecule has 0 bridgehead atoms. The fourth-order valence-corrected chi connectivity index (χ4v) is 10.6. The van der Waals surface area contributed by atoms with Gasteiger partial charge < -0.3 is 20.3 Å². The summed E-state index contributed by atoms with van der Waals surface area (Å²) in [6.45, 7) is 4.95. The molecule has 438 valence electrons. The van der Waals surface area contributed by atoms with Gasteiger partial charge in [-0.05, 0) is 77.0 Å². The van der Waals surface area contributed by atoms with Crippen LogP contribution in [0.2, 0.25) is 0 Å². The van der Waals surface area contributed by atoms with Gasteiger partial charge in [0.15, 0.2) is 0 Å². The van der Waals surface area contributed by atoms with E-state index >= 15 is 0 Å². The van der Waals surface area contributed by atoms with E-state index in [0.717, 1.165) is 44.9 Å². The molecule has 0 saturated carbocycles. The van der Waals surface area contributed by atoms with Gasteiger partial charge >= 0.3 is 5.97 Å². The molecule has 0 aromatic carbocycles. The van der Waals surface area contributed by atoms with Crippen LogP contribution in [-0.4, -0.2) is 47.4 Å². The summed E-state index contributed by atoms with van der Waals surface area (Å²) in [7, 11) is 0. The van der Waals surface area contributed by atoms with Crippen molar-refractivity contribution in [1.29, 1.82) is 0 Å². The Hall–Kier alpha value is -1.66. The number of allylic oxidation sites excluding steroid dienone is 4. The lowest BCUT2D eigenvalue weighted by atomic mass is 10.0. The van der Waals surface area contributed by atoms with Gasteiger partial charge in [0.1, 0.15) is 0 Å². The predicted molar refractivity (Wildman–Crippen MR) is 324 cm³/mol. The quantitative estimate of drug-likeness (QED) is 0.0320. The van der Waals surface area contributed by atoms with Crippen molar-refractivity contribution in [3.05, 3.63) is 24.3 Å². The van der Waals surface area contributed by atoms with E-state index in [0.29, 0.717) is 25.9 Å². The molecule has 0 aromatic rings. The van der Waals surface area contributed by atoms with E-state index in [-0.39, 0.29) is 18.5 Å². The van der Waals surface area contributed by atoms with E-state index < -0.39 is 12.1 Å². The molecule has 6 nitrogen and oxygen atoms in total. The lowest BCUT2D eigenvalue weighted by molar-refractivity contribution is -0.143. The van der Waals surface area contributed by atoms with Crippen molar-refractivity contribution in [3.63, 3.8) is 0 Å². The number of nitrogens with one attached hydrogen (secondary N) is 1. The molecule has 2 atom stereocenters. The van der Waals surface area contributed by atoms with Crippen molar-refractivity contribution in [2.75, 3.05) is 13.2 Å². The molecule has 1 amide bonds. The van der Waals surface area contributed by atoms with Gasteiger partial charge in [-0.15, -0.1) is 0 Å². The normalized spacial score (nSPS) is 12.6. The third kappa shape index (κ3) is 59.6. The Labute approximate surface area is 462 Å². The van der Waals surface area contributed by atoms with Crippen LogP contribution in [0, 0.1) is 0 Å². The first-order valence-corrected chi connectivity index (χ1v) is 33.6. The van der Waals surface area contributed by atoms with Crippen molar-refractivity contribution >= 4 is 11.9 Å². The van der Waals surface area contributed by atoms with Gasteiger partial charge in [-0.25, -0.2) is 0 Å². The Balaban J connectivity index is 3.32. The van der Waals surface area contributed by atoms with Crippen molar-refractivity contribution in [3.8, 4) is 0 Å². The lowest BCUT2D eigenvalue weighted by Crippen LogP contribution is -2.45. The molecular formula is C68H131NO5. The average Bonchev–Trinajstić information content (AvgIpc) is 3.40. The number of rotatable bonds is 63. The summed E-state index contributed by atoms with van der Waals surface area (Å²) in [6.07, 6.45) is 79.5. The zero-order chi connectivity index (χ0) is 53.6. The van der Waals surface area contributed by atoms with Crippen LogP contribution in [0.25, 0.3) is 0 Å². The van der Waals surface area contributed by atoms with Crippen LogP contribution >= 0.6 is 0 Å². The molecule has 6 heteroatoms. The summed E-state index contributed by atoms with van der Waals surface area (Å²) in [5.41, 5.74) is 0. The monoisotopic (exact) mass is 1040 g/mol. The van der Waals surface area contributed by atoms with Gasteiger partial charge in [-0.2, -0.15) is 0 Å². The van der Waals surface area contributed by atoms with E-state index in [4.69, 9.17) is 4.74 Å². The molecule has 0 saturated heterocycles. The molecule has 2 unspecified atom stereocenters. The summed E-state index contributed by atoms with van der Waals surface area (Å²) in [5, 5.41) is 23.1. The maximum Gasteiger partial charge on any atom is 0.305 e. The number of amides is 1. The highest BCUT2D eigenvalue weighted by Crippen LogP contribution is 2.18. The zero-order valence-corrected chi connectivity index (χ0v) is 50.1. The number of ether oxygens (including phenoxy) is 1. The highest BCUT2D eigenvalue weighted by molar-refractivity contribution is 5.76. The van der Waals surface area contributed by atoms with Gasteiger partial charge in [0, 0.05) is 12.8 Å². The molecule has 0 fully saturated rings. The third-order valence-corrected chi connectivity index (χ3v) is 15.7. The number of aliphatic hydroxyl groups is 2. The summed E-state index contributed by atoms with van der Waals surface area (Å²) in [6, 6.07) is -0.537. The van der Waals surface area contributed by atoms with Crippen molar-refractivity contribution in [2.24, 2.45) is 0 Å². The minimum Gasteiger partial charge on any atom is -0.466 e. The Bertz CT molecular complexity index is 1150. The SMILES string of the molecule is CCCCCCCC/C=C\CCCCCCCCCC(=O)OCCCCCCCCCCCCCC/C=C\CCCCCCCCCCCCCCCCCC(=O)NC(CO)C(O)CCCCCCCCCCC. The van der Waals surface area contributed by atoms with E-state index in [1.165, 1.54) is 295 Å². The first-order valence-electron chi connectivity index (χ1n) is 33.6. The van der Waals surface area contributed by atoms with E-state index in [1.54, 1.807) is 0 Å². The number of carbonyl (C=O) groups excluding carboxylic acids is 2. The van der Waals surface area contributed by atoms with Gasteiger partial charge in [0.05, 0.1) is 25.4 Å². The van der Waals surface area contributed by atoms with Crippen LogP contribution < -0.4 is 5.32 Å². The molecular weight excluding hydrogens is 911 g/mol. The van der Waals surface area contributed by atoms with Gasteiger partial charge in [0.25, 0.3) is 0 Å². The van der Waals surface area contributed by atoms with Crippen LogP contribution in [0.1, 0.15) is 373 Å². The fourth-order valence-electron chi connectivity index (χ4n) is 10.6. The Morgan fingerprint density at radius 3 is 0.959 bits per heavy atom. The lowest BCUT2D eigenvalue weighted by Gasteiger charge is -2.22. The number of hydrogen-bond donors (Lipinski definition) is 3. The van der Waals surface area contributed by atoms with Gasteiger partial charge in [-0.1, -0.05) is 308 Å². The summed E-state index contributed by atoms with van der Waals surface area (Å²) < 4.78 is 5.50. The first kappa shape index (κ1) is 72.3. The maximum absolute atomic E-state index is 12.4. The zero-order valence-electron chi connectivity index (χ0n) is 50.1. The number of unbranched alkanes of at least 4 members (excludes halogenated alkanes) is 48. The highest BCUT2D eigenvalue weighted by Gasteiger charge is 2.20. The fraction of sp³-hybridized carbons (Fsp3) is 0.912. The van der Waals surface area contributed by atoms with Crippen LogP contribution in [0.3, 0.4) is 0 Å². The molecule has 0 aliphatic heterocycles. The highest BCUT2D eigenvalue weighted by atomic mass is 16.5. The summed E-state index contributed by atoms with van der Waals surface area (Å²) >= 11 is 0. The van der Waals surface area contributed by atoms with Crippen LogP contribution in [0.15, 0.2) is 24.3 Å². The molecule has 0 radical (unpaired) electrons. The number of hydrogen-bond acceptors (Lipinski definition) is 5. The third-order valence-electron chi connectivity index (χ3n) is 15.7. The molecule has 3 N–H and O–H groups in total. The van der Waals surface area contributed by atoms with Crippen molar-refractivity contribution in [2.45, 2.75) is 386 Å². The number of carbonyl (C=O) groups is 2. The second-order valence-corrected chi connectivity index (χ2v) is 23.1. The van der Waals surface area contributed by atoms with Crippen molar-refractivity contribution < 1.29 is 24.5 Å². The number of aliphatic hydroxyl groups excluding tert-OH is 2.